The van der Waals surface area contributed by atoms with Crippen molar-refractivity contribution < 1.29 is 14.3 Å². The Kier molecular flexibility index (Phi) is 3.68. The third-order valence-electron chi connectivity index (χ3n) is 3.05. The number of carbonyl (C=O) groups excluding carboxylic acids is 1. The highest BCUT2D eigenvalue weighted by Crippen LogP contribution is 2.20. The molecule has 6 heteroatoms. The van der Waals surface area contributed by atoms with Crippen molar-refractivity contribution in [2.75, 3.05) is 5.32 Å². The molecule has 0 atom stereocenters. The third kappa shape index (κ3) is 2.87. The zero-order valence-corrected chi connectivity index (χ0v) is 12.8. The Morgan fingerprint density at radius 3 is 2.73 bits per heavy atom. The Balaban J connectivity index is 1.98. The van der Waals surface area contributed by atoms with Crippen molar-refractivity contribution in [1.29, 1.82) is 0 Å². The highest BCUT2D eigenvalue weighted by atomic mass is 79.9. The predicted molar refractivity (Wildman–Crippen MR) is 86.2 cm³/mol. The van der Waals surface area contributed by atoms with Gasteiger partial charge in [0.25, 0.3) is 5.91 Å². The molecular weight excluding hydrogens is 350 g/mol. The van der Waals surface area contributed by atoms with Gasteiger partial charge in [0.05, 0.1) is 0 Å². The topological polar surface area (TPSA) is 79.5 Å². The minimum absolute atomic E-state index is 0.0120. The van der Waals surface area contributed by atoms with Gasteiger partial charge in [0.2, 0.25) is 0 Å². The Morgan fingerprint density at radius 1 is 1.14 bits per heavy atom. The van der Waals surface area contributed by atoms with Crippen molar-refractivity contribution >= 4 is 38.5 Å². The molecule has 0 saturated heterocycles. The first kappa shape index (κ1) is 14.3. The van der Waals surface area contributed by atoms with E-state index in [9.17, 15) is 14.7 Å². The average molecular weight is 360 g/mol. The summed E-state index contributed by atoms with van der Waals surface area (Å²) in [7, 11) is 0. The molecular formula is C16H10BrNO4. The van der Waals surface area contributed by atoms with Gasteiger partial charge >= 0.3 is 5.63 Å². The summed E-state index contributed by atoms with van der Waals surface area (Å²) in [4.78, 5) is 24.1. The van der Waals surface area contributed by atoms with E-state index in [-0.39, 0.29) is 16.9 Å². The zero-order chi connectivity index (χ0) is 15.7. The average Bonchev–Trinajstić information content (AvgIpc) is 2.46. The van der Waals surface area contributed by atoms with E-state index in [0.29, 0.717) is 11.1 Å². The van der Waals surface area contributed by atoms with Gasteiger partial charge in [0.15, 0.2) is 0 Å². The van der Waals surface area contributed by atoms with Crippen LogP contribution < -0.4 is 10.9 Å². The number of phenolic OH excluding ortho intramolecular Hbond substituents is 1. The van der Waals surface area contributed by atoms with Crippen molar-refractivity contribution in [3.63, 3.8) is 0 Å². The number of nitrogens with one attached hydrogen (secondary N) is 1. The highest BCUT2D eigenvalue weighted by molar-refractivity contribution is 9.10. The van der Waals surface area contributed by atoms with Crippen molar-refractivity contribution in [2.45, 2.75) is 0 Å². The molecule has 3 rings (SSSR count). The van der Waals surface area contributed by atoms with Crippen LogP contribution in [0.5, 0.6) is 5.75 Å². The number of aromatic hydroxyl groups is 1. The third-order valence-corrected chi connectivity index (χ3v) is 3.54. The number of phenols is 1. The van der Waals surface area contributed by atoms with Crippen molar-refractivity contribution in [3.8, 4) is 5.75 Å². The van der Waals surface area contributed by atoms with Gasteiger partial charge in [-0.3, -0.25) is 4.79 Å². The van der Waals surface area contributed by atoms with Gasteiger partial charge in [-0.2, -0.15) is 0 Å². The number of halogens is 1. The lowest BCUT2D eigenvalue weighted by Gasteiger charge is -2.05. The minimum Gasteiger partial charge on any atom is -0.508 e. The van der Waals surface area contributed by atoms with Crippen LogP contribution in [-0.2, 0) is 0 Å². The van der Waals surface area contributed by atoms with Crippen LogP contribution in [0.25, 0.3) is 11.0 Å². The van der Waals surface area contributed by atoms with Crippen molar-refractivity contribution in [2.24, 2.45) is 0 Å². The molecule has 0 aliphatic rings. The number of hydrogen-bond donors (Lipinski definition) is 2. The second-order valence-electron chi connectivity index (χ2n) is 4.63. The van der Waals surface area contributed by atoms with E-state index in [1.165, 1.54) is 18.2 Å². The van der Waals surface area contributed by atoms with Gasteiger partial charge in [0, 0.05) is 21.6 Å². The normalized spacial score (nSPS) is 10.6. The lowest BCUT2D eigenvalue weighted by atomic mass is 10.1. The smallest absolute Gasteiger partial charge is 0.349 e. The molecule has 0 fully saturated rings. The van der Waals surface area contributed by atoms with Gasteiger partial charge in [-0.1, -0.05) is 22.0 Å². The quantitative estimate of drug-likeness (QED) is 0.686. The summed E-state index contributed by atoms with van der Waals surface area (Å²) in [5, 5.41) is 12.6. The van der Waals surface area contributed by atoms with Crippen LogP contribution in [-0.4, -0.2) is 11.0 Å². The first-order valence-electron chi connectivity index (χ1n) is 6.37. The number of amides is 1. The molecule has 0 bridgehead atoms. The second kappa shape index (κ2) is 5.65. The number of rotatable bonds is 2. The van der Waals surface area contributed by atoms with E-state index in [2.05, 4.69) is 21.2 Å². The molecule has 5 nitrogen and oxygen atoms in total. The molecule has 2 aromatic carbocycles. The van der Waals surface area contributed by atoms with Gasteiger partial charge in [-0.25, -0.2) is 4.79 Å². The van der Waals surface area contributed by atoms with E-state index >= 15 is 0 Å². The van der Waals surface area contributed by atoms with Gasteiger partial charge in [-0.05, 0) is 36.4 Å². The summed E-state index contributed by atoms with van der Waals surface area (Å²) in [5.74, 6) is -0.566. The van der Waals surface area contributed by atoms with E-state index in [0.717, 1.165) is 4.47 Å². The monoisotopic (exact) mass is 359 g/mol. The maximum absolute atomic E-state index is 12.2. The molecule has 110 valence electrons. The summed E-state index contributed by atoms with van der Waals surface area (Å²) in [5.41, 5.74) is -0.0719. The maximum Gasteiger partial charge on any atom is 0.349 e. The first-order chi connectivity index (χ1) is 10.5. The molecule has 0 radical (unpaired) electrons. The molecule has 0 spiro atoms. The van der Waals surface area contributed by atoms with Crippen LogP contribution >= 0.6 is 15.9 Å². The molecule has 1 amide bonds. The van der Waals surface area contributed by atoms with Crippen molar-refractivity contribution in [1.82, 2.24) is 0 Å². The van der Waals surface area contributed by atoms with E-state index < -0.39 is 11.5 Å². The SMILES string of the molecule is O=C(Nc1cccc(Br)c1)c1cc2ccc(O)cc2oc1=O. The number of carbonyl (C=O) groups is 1. The number of hydrogen-bond acceptors (Lipinski definition) is 4. The fraction of sp³-hybridized carbons (Fsp3) is 0. The molecule has 22 heavy (non-hydrogen) atoms. The van der Waals surface area contributed by atoms with Gasteiger partial charge in [-0.15, -0.1) is 0 Å². The number of benzene rings is 2. The van der Waals surface area contributed by atoms with Crippen LogP contribution in [0.4, 0.5) is 5.69 Å². The predicted octanol–water partition coefficient (Wildman–Crippen LogP) is 3.51. The molecule has 1 heterocycles. The number of fused-ring (bicyclic) bond motifs is 1. The minimum atomic E-state index is -0.759. The lowest BCUT2D eigenvalue weighted by molar-refractivity contribution is 0.102. The Morgan fingerprint density at radius 2 is 1.95 bits per heavy atom. The fourth-order valence-electron chi connectivity index (χ4n) is 2.02. The van der Waals surface area contributed by atoms with Crippen LogP contribution in [0, 0.1) is 0 Å². The maximum atomic E-state index is 12.2. The molecule has 0 aliphatic heterocycles. The van der Waals surface area contributed by atoms with E-state index in [1.807, 2.05) is 6.07 Å². The molecule has 0 saturated carbocycles. The molecule has 2 N–H and O–H groups in total. The molecule has 1 aromatic heterocycles. The Labute approximate surface area is 133 Å². The molecule has 0 unspecified atom stereocenters. The van der Waals surface area contributed by atoms with Crippen molar-refractivity contribution in [3.05, 3.63) is 69.0 Å². The molecule has 0 aliphatic carbocycles. The first-order valence-corrected chi connectivity index (χ1v) is 7.16. The Bertz CT molecular complexity index is 933. The standard InChI is InChI=1S/C16H10BrNO4/c17-10-2-1-3-11(7-10)18-15(20)13-6-9-4-5-12(19)8-14(9)22-16(13)21/h1-8,19H,(H,18,20). The highest BCUT2D eigenvalue weighted by Gasteiger charge is 2.14. The van der Waals surface area contributed by atoms with Gasteiger partial charge in [0.1, 0.15) is 16.9 Å². The summed E-state index contributed by atoms with van der Waals surface area (Å²) in [6.45, 7) is 0. The summed E-state index contributed by atoms with van der Waals surface area (Å²) < 4.78 is 5.88. The van der Waals surface area contributed by atoms with Crippen LogP contribution in [0.2, 0.25) is 0 Å². The zero-order valence-electron chi connectivity index (χ0n) is 11.2. The van der Waals surface area contributed by atoms with Gasteiger partial charge < -0.3 is 14.8 Å². The fourth-order valence-corrected chi connectivity index (χ4v) is 2.42. The lowest BCUT2D eigenvalue weighted by Crippen LogP contribution is -2.20. The number of anilines is 1. The largest absolute Gasteiger partial charge is 0.508 e. The van der Waals surface area contributed by atoms with Crippen LogP contribution in [0.15, 0.2) is 62.2 Å². The van der Waals surface area contributed by atoms with Crippen LogP contribution in [0.3, 0.4) is 0 Å². The Hall–Kier alpha value is -2.60. The van der Waals surface area contributed by atoms with E-state index in [4.69, 9.17) is 4.42 Å². The summed E-state index contributed by atoms with van der Waals surface area (Å²) in [6, 6.07) is 12.8. The second-order valence-corrected chi connectivity index (χ2v) is 5.55. The van der Waals surface area contributed by atoms with E-state index in [1.54, 1.807) is 24.3 Å². The summed E-state index contributed by atoms with van der Waals surface area (Å²) in [6.07, 6.45) is 0. The summed E-state index contributed by atoms with van der Waals surface area (Å²) >= 11 is 3.31. The van der Waals surface area contributed by atoms with Crippen LogP contribution in [0.1, 0.15) is 10.4 Å². The molecule has 3 aromatic rings.